The molecule has 0 heterocycles. The van der Waals surface area contributed by atoms with Gasteiger partial charge in [-0.05, 0) is 85.6 Å². The van der Waals surface area contributed by atoms with E-state index in [2.05, 4.69) is 22.8 Å². The van der Waals surface area contributed by atoms with E-state index in [-0.39, 0.29) is 25.4 Å². The molecule has 2 N–H and O–H groups in total. The van der Waals surface area contributed by atoms with Crippen molar-refractivity contribution in [3.63, 3.8) is 0 Å². The highest BCUT2D eigenvalue weighted by atomic mass is 16.6. The molecule has 0 aromatic heterocycles. The molecule has 0 bridgehead atoms. The van der Waals surface area contributed by atoms with Crippen molar-refractivity contribution in [3.8, 4) is 11.1 Å². The first-order valence-corrected chi connectivity index (χ1v) is 17.0. The molecule has 9 nitrogen and oxygen atoms in total. The molecule has 260 valence electrons. The average Bonchev–Trinajstić information content (AvgIpc) is 3.44. The van der Waals surface area contributed by atoms with E-state index in [0.717, 1.165) is 51.9 Å². The molecule has 1 amide bonds. The van der Waals surface area contributed by atoms with E-state index in [4.69, 9.17) is 14.2 Å². The number of unbranched alkanes of at least 4 members (excludes halogenated alkanes) is 1. The van der Waals surface area contributed by atoms with Gasteiger partial charge < -0.3 is 24.8 Å². The van der Waals surface area contributed by atoms with Gasteiger partial charge in [-0.15, -0.1) is 0 Å². The Hall–Kier alpha value is -5.28. The standard InChI is InChI=1S/C41H44N2O7/c1-27-14-13-15-28(2)38(27)40(46)48-26-36(44)37(22-11-12-23-42-3)50-39(45)35(24-29-16-5-4-6-17-29)43-41(47)49-25-34-32-20-9-7-18-30(32)31-19-8-10-21-33(31)34/h4-10,13-21,34-35,37,42H,11-12,22-26H2,1-3H3,(H,43,47). The summed E-state index contributed by atoms with van der Waals surface area (Å²) in [6, 6.07) is 29.6. The molecule has 2 unspecified atom stereocenters. The SMILES string of the molecule is CNCCCCC(OC(=O)C(Cc1ccccc1)NC(=O)OCC1c2ccccc2-c2ccccc21)C(=O)COC(=O)c1c(C)cccc1C. The van der Waals surface area contributed by atoms with Gasteiger partial charge in [-0.2, -0.15) is 0 Å². The largest absolute Gasteiger partial charge is 0.454 e. The van der Waals surface area contributed by atoms with Gasteiger partial charge in [-0.1, -0.05) is 97.1 Å². The Kier molecular flexibility index (Phi) is 12.5. The summed E-state index contributed by atoms with van der Waals surface area (Å²) in [5, 5.41) is 5.77. The molecular formula is C41H44N2O7. The van der Waals surface area contributed by atoms with E-state index >= 15 is 0 Å². The number of carbonyl (C=O) groups excluding carboxylic acids is 4. The van der Waals surface area contributed by atoms with Crippen molar-refractivity contribution in [2.75, 3.05) is 26.8 Å². The molecule has 2 atom stereocenters. The summed E-state index contributed by atoms with van der Waals surface area (Å²) >= 11 is 0. The van der Waals surface area contributed by atoms with Gasteiger partial charge >= 0.3 is 18.0 Å². The summed E-state index contributed by atoms with van der Waals surface area (Å²) in [6.45, 7) is 3.84. The van der Waals surface area contributed by atoms with Crippen LogP contribution in [0, 0.1) is 13.8 Å². The fourth-order valence-corrected chi connectivity index (χ4v) is 6.40. The third kappa shape index (κ3) is 9.03. The lowest BCUT2D eigenvalue weighted by atomic mass is 9.98. The van der Waals surface area contributed by atoms with Crippen LogP contribution in [0.15, 0.2) is 97.1 Å². The third-order valence-electron chi connectivity index (χ3n) is 8.99. The fourth-order valence-electron chi connectivity index (χ4n) is 6.40. The van der Waals surface area contributed by atoms with E-state index in [9.17, 15) is 19.2 Å². The zero-order valence-corrected chi connectivity index (χ0v) is 28.8. The first-order valence-electron chi connectivity index (χ1n) is 17.0. The second-order valence-corrected chi connectivity index (χ2v) is 12.5. The summed E-state index contributed by atoms with van der Waals surface area (Å²) in [6.07, 6.45) is -0.274. The van der Waals surface area contributed by atoms with Crippen LogP contribution in [0.4, 0.5) is 4.79 Å². The van der Waals surface area contributed by atoms with E-state index < -0.39 is 42.6 Å². The molecular weight excluding hydrogens is 632 g/mol. The molecule has 4 aromatic carbocycles. The number of ether oxygens (including phenoxy) is 3. The number of ketones is 1. The van der Waals surface area contributed by atoms with Gasteiger partial charge in [0.05, 0.1) is 5.56 Å². The molecule has 1 aliphatic carbocycles. The highest BCUT2D eigenvalue weighted by molar-refractivity contribution is 5.95. The number of aryl methyl sites for hydroxylation is 2. The monoisotopic (exact) mass is 676 g/mol. The number of rotatable bonds is 16. The van der Waals surface area contributed by atoms with Crippen molar-refractivity contribution in [1.82, 2.24) is 10.6 Å². The number of Topliss-reactive ketones (excluding diaryl/α,β-unsaturated/α-hetero) is 1. The van der Waals surface area contributed by atoms with E-state index in [0.29, 0.717) is 12.0 Å². The molecule has 4 aromatic rings. The Morgan fingerprint density at radius 3 is 2.00 bits per heavy atom. The smallest absolute Gasteiger partial charge is 0.407 e. The van der Waals surface area contributed by atoms with E-state index in [1.807, 2.05) is 79.8 Å². The van der Waals surface area contributed by atoms with Crippen molar-refractivity contribution >= 4 is 23.8 Å². The van der Waals surface area contributed by atoms with Crippen molar-refractivity contribution < 1.29 is 33.4 Å². The second-order valence-electron chi connectivity index (χ2n) is 12.5. The Morgan fingerprint density at radius 1 is 0.740 bits per heavy atom. The Bertz CT molecular complexity index is 1740. The van der Waals surface area contributed by atoms with Crippen LogP contribution in [0.1, 0.15) is 63.4 Å². The second kappa shape index (κ2) is 17.4. The number of alkyl carbamates (subject to hydrolysis) is 1. The number of esters is 2. The fraction of sp³-hybridized carbons (Fsp3) is 0.317. The molecule has 5 rings (SSSR count). The quantitative estimate of drug-likeness (QED) is 0.0787. The maximum absolute atomic E-state index is 13.8. The van der Waals surface area contributed by atoms with Gasteiger partial charge in [0.2, 0.25) is 5.78 Å². The predicted octanol–water partition coefficient (Wildman–Crippen LogP) is 6.48. The van der Waals surface area contributed by atoms with Gasteiger partial charge in [-0.3, -0.25) is 4.79 Å². The van der Waals surface area contributed by atoms with Crippen LogP contribution in [0.2, 0.25) is 0 Å². The van der Waals surface area contributed by atoms with Crippen LogP contribution in [-0.4, -0.2) is 62.8 Å². The number of hydrogen-bond acceptors (Lipinski definition) is 8. The van der Waals surface area contributed by atoms with Crippen LogP contribution in [-0.2, 0) is 30.2 Å². The summed E-state index contributed by atoms with van der Waals surface area (Å²) in [5.74, 6) is -2.09. The lowest BCUT2D eigenvalue weighted by Gasteiger charge is -2.23. The summed E-state index contributed by atoms with van der Waals surface area (Å²) in [4.78, 5) is 53.4. The Labute approximate surface area is 293 Å². The molecule has 0 aliphatic heterocycles. The summed E-state index contributed by atoms with van der Waals surface area (Å²) in [7, 11) is 1.83. The molecule has 9 heteroatoms. The molecule has 0 saturated carbocycles. The maximum atomic E-state index is 13.8. The molecule has 0 fully saturated rings. The van der Waals surface area contributed by atoms with Crippen molar-refractivity contribution in [2.45, 2.75) is 57.6 Å². The number of carbonyl (C=O) groups is 4. The molecule has 0 radical (unpaired) electrons. The highest BCUT2D eigenvalue weighted by Gasteiger charge is 2.32. The van der Waals surface area contributed by atoms with Crippen molar-refractivity contribution in [2.24, 2.45) is 0 Å². The average molecular weight is 677 g/mol. The van der Waals surface area contributed by atoms with Gasteiger partial charge in [0.1, 0.15) is 12.6 Å². The number of fused-ring (bicyclic) bond motifs is 3. The minimum absolute atomic E-state index is 0.0747. The number of amides is 1. The van der Waals surface area contributed by atoms with Crippen molar-refractivity contribution in [1.29, 1.82) is 0 Å². The lowest BCUT2D eigenvalue weighted by molar-refractivity contribution is -0.158. The maximum Gasteiger partial charge on any atom is 0.407 e. The first-order chi connectivity index (χ1) is 24.3. The van der Waals surface area contributed by atoms with Gasteiger partial charge in [0, 0.05) is 12.3 Å². The zero-order valence-electron chi connectivity index (χ0n) is 28.8. The molecule has 0 spiro atoms. The van der Waals surface area contributed by atoms with Crippen LogP contribution in [0.3, 0.4) is 0 Å². The molecule has 50 heavy (non-hydrogen) atoms. The molecule has 0 saturated heterocycles. The Morgan fingerprint density at radius 2 is 1.36 bits per heavy atom. The van der Waals surface area contributed by atoms with Crippen LogP contribution >= 0.6 is 0 Å². The number of benzene rings is 4. The van der Waals surface area contributed by atoms with E-state index in [1.165, 1.54) is 0 Å². The minimum Gasteiger partial charge on any atom is -0.454 e. The van der Waals surface area contributed by atoms with Gasteiger partial charge in [0.15, 0.2) is 12.7 Å². The third-order valence-corrected chi connectivity index (χ3v) is 8.99. The highest BCUT2D eigenvalue weighted by Crippen LogP contribution is 2.44. The zero-order chi connectivity index (χ0) is 35.5. The van der Waals surface area contributed by atoms with Gasteiger partial charge in [0.25, 0.3) is 0 Å². The lowest BCUT2D eigenvalue weighted by Crippen LogP contribution is -2.46. The number of hydrogen-bond donors (Lipinski definition) is 2. The Balaban J connectivity index is 1.27. The number of nitrogens with one attached hydrogen (secondary N) is 2. The summed E-state index contributed by atoms with van der Waals surface area (Å²) < 4.78 is 17.0. The van der Waals surface area contributed by atoms with Crippen LogP contribution < -0.4 is 10.6 Å². The van der Waals surface area contributed by atoms with Crippen molar-refractivity contribution in [3.05, 3.63) is 130 Å². The minimum atomic E-state index is -1.17. The van der Waals surface area contributed by atoms with Crippen LogP contribution in [0.25, 0.3) is 11.1 Å². The first kappa shape index (κ1) is 36.0. The predicted molar refractivity (Wildman–Crippen MR) is 191 cm³/mol. The van der Waals surface area contributed by atoms with E-state index in [1.54, 1.807) is 26.0 Å². The summed E-state index contributed by atoms with van der Waals surface area (Å²) in [5.41, 5.74) is 7.01. The van der Waals surface area contributed by atoms with Gasteiger partial charge in [-0.25, -0.2) is 14.4 Å². The normalized spacial score (nSPS) is 13.0. The van der Waals surface area contributed by atoms with Crippen LogP contribution in [0.5, 0.6) is 0 Å². The topological polar surface area (TPSA) is 120 Å². The molecule has 1 aliphatic rings.